The van der Waals surface area contributed by atoms with E-state index in [1.807, 2.05) is 54.6 Å². The van der Waals surface area contributed by atoms with Crippen LogP contribution in [0, 0.1) is 11.3 Å². The lowest BCUT2D eigenvalue weighted by Gasteiger charge is -2.13. The Morgan fingerprint density at radius 3 is 2.31 bits per heavy atom. The van der Waals surface area contributed by atoms with Crippen LogP contribution in [-0.4, -0.2) is 13.0 Å². The molecule has 0 atom stereocenters. The summed E-state index contributed by atoms with van der Waals surface area (Å²) in [5.41, 5.74) is 2.91. The molecule has 7 heteroatoms. The van der Waals surface area contributed by atoms with Crippen molar-refractivity contribution in [2.75, 3.05) is 12.4 Å². The maximum absolute atomic E-state index is 13.0. The predicted octanol–water partition coefficient (Wildman–Crippen LogP) is 8.21. The molecule has 5 aromatic carbocycles. The minimum absolute atomic E-state index is 0.0748. The number of nitrogens with one attached hydrogen (secondary N) is 1. The van der Waals surface area contributed by atoms with Crippen molar-refractivity contribution in [3.8, 4) is 23.3 Å². The van der Waals surface area contributed by atoms with Gasteiger partial charge in [0.1, 0.15) is 42.1 Å². The third-order valence-electron chi connectivity index (χ3n) is 6.61. The van der Waals surface area contributed by atoms with Gasteiger partial charge in [-0.15, -0.1) is 0 Å². The molecule has 1 amide bonds. The fourth-order valence-electron chi connectivity index (χ4n) is 4.37. The van der Waals surface area contributed by atoms with E-state index in [2.05, 4.69) is 23.5 Å². The van der Waals surface area contributed by atoms with Gasteiger partial charge in [-0.2, -0.15) is 5.26 Å². The van der Waals surface area contributed by atoms with Crippen molar-refractivity contribution in [1.82, 2.24) is 0 Å². The highest BCUT2D eigenvalue weighted by Crippen LogP contribution is 2.29. The number of rotatable bonds is 10. The van der Waals surface area contributed by atoms with Crippen LogP contribution < -0.4 is 19.5 Å². The highest BCUT2D eigenvalue weighted by molar-refractivity contribution is 6.31. The summed E-state index contributed by atoms with van der Waals surface area (Å²) in [6.07, 6.45) is 1.51. The molecule has 0 aliphatic heterocycles. The standard InChI is InChI=1S/C35H27ClN2O4/c1-40-31-16-13-25(34(20-31)42-22-26-10-6-9-24-7-2-4-11-32(24)26)19-28(21-37)35(39)38-29-14-17-30(18-15-29)41-23-27-8-3-5-12-33(27)36/h2-20H,22-23H2,1H3,(H,38,39)/b28-19+. The van der Waals surface area contributed by atoms with E-state index in [0.29, 0.717) is 46.7 Å². The Bertz CT molecular complexity index is 1790. The molecule has 0 spiro atoms. The number of halogens is 1. The molecule has 0 heterocycles. The zero-order valence-corrected chi connectivity index (χ0v) is 23.6. The minimum Gasteiger partial charge on any atom is -0.497 e. The number of methoxy groups -OCH3 is 1. The number of nitriles is 1. The third-order valence-corrected chi connectivity index (χ3v) is 6.98. The zero-order chi connectivity index (χ0) is 29.3. The Morgan fingerprint density at radius 2 is 1.52 bits per heavy atom. The van der Waals surface area contributed by atoms with Crippen LogP contribution in [-0.2, 0) is 18.0 Å². The average Bonchev–Trinajstić information content (AvgIpc) is 3.03. The van der Waals surface area contributed by atoms with E-state index in [0.717, 1.165) is 21.9 Å². The maximum Gasteiger partial charge on any atom is 0.266 e. The lowest BCUT2D eigenvalue weighted by atomic mass is 10.1. The summed E-state index contributed by atoms with van der Waals surface area (Å²) < 4.78 is 17.4. The SMILES string of the molecule is COc1ccc(/C=C(\C#N)C(=O)Nc2ccc(OCc3ccccc3Cl)cc2)c(OCc2cccc3ccccc23)c1. The normalized spacial score (nSPS) is 11.0. The van der Waals surface area contributed by atoms with E-state index in [9.17, 15) is 10.1 Å². The number of hydrogen-bond acceptors (Lipinski definition) is 5. The van der Waals surface area contributed by atoms with Gasteiger partial charge in [-0.1, -0.05) is 72.3 Å². The quantitative estimate of drug-likeness (QED) is 0.134. The highest BCUT2D eigenvalue weighted by Gasteiger charge is 2.13. The molecule has 0 saturated carbocycles. The van der Waals surface area contributed by atoms with Gasteiger partial charge in [0.15, 0.2) is 0 Å². The topological polar surface area (TPSA) is 80.6 Å². The molecule has 0 bridgehead atoms. The number of fused-ring (bicyclic) bond motifs is 1. The van der Waals surface area contributed by atoms with E-state index >= 15 is 0 Å². The van der Waals surface area contributed by atoms with Gasteiger partial charge in [-0.3, -0.25) is 4.79 Å². The lowest BCUT2D eigenvalue weighted by molar-refractivity contribution is -0.112. The van der Waals surface area contributed by atoms with E-state index in [1.54, 1.807) is 49.6 Å². The van der Waals surface area contributed by atoms with Crippen LogP contribution in [0.3, 0.4) is 0 Å². The van der Waals surface area contributed by atoms with E-state index in [1.165, 1.54) is 6.08 Å². The monoisotopic (exact) mass is 574 g/mol. The van der Waals surface area contributed by atoms with Crippen molar-refractivity contribution in [3.05, 3.63) is 136 Å². The number of benzene rings is 5. The second-order valence-electron chi connectivity index (χ2n) is 9.36. The summed E-state index contributed by atoms with van der Waals surface area (Å²) in [6, 6.07) is 35.8. The van der Waals surface area contributed by atoms with Crippen LogP contribution in [0.25, 0.3) is 16.8 Å². The van der Waals surface area contributed by atoms with Crippen LogP contribution in [0.15, 0.2) is 115 Å². The van der Waals surface area contributed by atoms with Gasteiger partial charge in [-0.05, 0) is 64.9 Å². The first-order chi connectivity index (χ1) is 20.5. The minimum atomic E-state index is -0.543. The van der Waals surface area contributed by atoms with Crippen molar-refractivity contribution in [1.29, 1.82) is 5.26 Å². The number of hydrogen-bond donors (Lipinski definition) is 1. The Morgan fingerprint density at radius 1 is 0.833 bits per heavy atom. The number of nitrogens with zero attached hydrogens (tertiary/aromatic N) is 1. The number of anilines is 1. The summed E-state index contributed by atoms with van der Waals surface area (Å²) in [4.78, 5) is 13.0. The molecule has 1 N–H and O–H groups in total. The molecule has 0 aromatic heterocycles. The van der Waals surface area contributed by atoms with Crippen LogP contribution in [0.1, 0.15) is 16.7 Å². The smallest absolute Gasteiger partial charge is 0.266 e. The molecule has 0 unspecified atom stereocenters. The molecule has 6 nitrogen and oxygen atoms in total. The lowest BCUT2D eigenvalue weighted by Crippen LogP contribution is -2.13. The van der Waals surface area contributed by atoms with Gasteiger partial charge >= 0.3 is 0 Å². The number of amides is 1. The first-order valence-electron chi connectivity index (χ1n) is 13.2. The van der Waals surface area contributed by atoms with Crippen molar-refractivity contribution in [2.24, 2.45) is 0 Å². The Hall–Kier alpha value is -5.25. The van der Waals surface area contributed by atoms with Crippen LogP contribution in [0.4, 0.5) is 5.69 Å². The Balaban J connectivity index is 1.29. The Labute approximate surface area is 249 Å². The fourth-order valence-corrected chi connectivity index (χ4v) is 4.56. The first-order valence-corrected chi connectivity index (χ1v) is 13.6. The number of carbonyl (C=O) groups is 1. The second kappa shape index (κ2) is 13.4. The summed E-state index contributed by atoms with van der Waals surface area (Å²) in [5.74, 6) is 1.16. The van der Waals surface area contributed by atoms with E-state index < -0.39 is 5.91 Å². The van der Waals surface area contributed by atoms with Gasteiger partial charge in [-0.25, -0.2) is 0 Å². The summed E-state index contributed by atoms with van der Waals surface area (Å²) in [6.45, 7) is 0.619. The molecule has 5 rings (SSSR count). The van der Waals surface area contributed by atoms with Gasteiger partial charge in [0, 0.05) is 27.9 Å². The number of ether oxygens (including phenoxy) is 3. The molecule has 0 aliphatic carbocycles. The van der Waals surface area contributed by atoms with Crippen LogP contribution >= 0.6 is 11.6 Å². The third kappa shape index (κ3) is 6.90. The molecule has 0 aliphatic rings. The van der Waals surface area contributed by atoms with E-state index in [4.69, 9.17) is 25.8 Å². The van der Waals surface area contributed by atoms with Crippen LogP contribution in [0.2, 0.25) is 5.02 Å². The molecule has 42 heavy (non-hydrogen) atoms. The molecule has 0 saturated heterocycles. The second-order valence-corrected chi connectivity index (χ2v) is 9.77. The molecule has 5 aromatic rings. The zero-order valence-electron chi connectivity index (χ0n) is 22.8. The summed E-state index contributed by atoms with van der Waals surface area (Å²) in [7, 11) is 1.57. The average molecular weight is 575 g/mol. The summed E-state index contributed by atoms with van der Waals surface area (Å²) >= 11 is 6.19. The van der Waals surface area contributed by atoms with Crippen molar-refractivity contribution >= 4 is 40.0 Å². The van der Waals surface area contributed by atoms with Gasteiger partial charge in [0.25, 0.3) is 5.91 Å². The van der Waals surface area contributed by atoms with Gasteiger partial charge in [0.05, 0.1) is 7.11 Å². The van der Waals surface area contributed by atoms with Crippen molar-refractivity contribution in [3.63, 3.8) is 0 Å². The molecular formula is C35H27ClN2O4. The van der Waals surface area contributed by atoms with Gasteiger partial charge < -0.3 is 19.5 Å². The van der Waals surface area contributed by atoms with Crippen LogP contribution in [0.5, 0.6) is 17.2 Å². The van der Waals surface area contributed by atoms with Gasteiger partial charge in [0.2, 0.25) is 0 Å². The molecule has 208 valence electrons. The molecular weight excluding hydrogens is 548 g/mol. The first kappa shape index (κ1) is 28.3. The molecule has 0 radical (unpaired) electrons. The maximum atomic E-state index is 13.0. The van der Waals surface area contributed by atoms with E-state index in [-0.39, 0.29) is 5.57 Å². The highest BCUT2D eigenvalue weighted by atomic mass is 35.5. The largest absolute Gasteiger partial charge is 0.497 e. The molecule has 0 fully saturated rings. The van der Waals surface area contributed by atoms with Crippen molar-refractivity contribution < 1.29 is 19.0 Å². The fraction of sp³-hybridized carbons (Fsp3) is 0.0857. The predicted molar refractivity (Wildman–Crippen MR) is 166 cm³/mol. The summed E-state index contributed by atoms with van der Waals surface area (Å²) in [5, 5.41) is 15.4. The Kier molecular flexibility index (Phi) is 9.03. The number of carbonyl (C=O) groups excluding carboxylic acids is 1. The van der Waals surface area contributed by atoms with Crippen molar-refractivity contribution in [2.45, 2.75) is 13.2 Å².